The van der Waals surface area contributed by atoms with E-state index in [1.54, 1.807) is 23.6 Å². The number of carbonyl (C=O) groups is 2. The molecule has 2 aromatic rings. The largest absolute Gasteiger partial charge is 0.352 e. The van der Waals surface area contributed by atoms with Gasteiger partial charge in [0.15, 0.2) is 0 Å². The fourth-order valence-electron chi connectivity index (χ4n) is 2.85. The predicted molar refractivity (Wildman–Crippen MR) is 124 cm³/mol. The first kappa shape index (κ1) is 23.5. The predicted octanol–water partition coefficient (Wildman–Crippen LogP) is 5.18. The van der Waals surface area contributed by atoms with Gasteiger partial charge in [-0.25, -0.2) is 0 Å². The first-order valence-corrected chi connectivity index (χ1v) is 11.6. The Morgan fingerprint density at radius 2 is 1.79 bits per heavy atom. The summed E-state index contributed by atoms with van der Waals surface area (Å²) in [6, 6.07) is 15.6. The van der Waals surface area contributed by atoms with Crippen molar-refractivity contribution in [1.29, 1.82) is 0 Å². The van der Waals surface area contributed by atoms with Gasteiger partial charge in [0.05, 0.1) is 0 Å². The molecule has 2 rings (SSSR count). The number of benzene rings is 2. The number of amides is 2. The van der Waals surface area contributed by atoms with Crippen molar-refractivity contribution in [3.05, 3.63) is 64.1 Å². The molecule has 0 unspecified atom stereocenters. The lowest BCUT2D eigenvalue weighted by Gasteiger charge is -2.29. The van der Waals surface area contributed by atoms with Crippen LogP contribution in [-0.4, -0.2) is 34.6 Å². The van der Waals surface area contributed by atoms with E-state index in [2.05, 4.69) is 52.4 Å². The summed E-state index contributed by atoms with van der Waals surface area (Å²) in [7, 11) is 0. The van der Waals surface area contributed by atoms with Crippen molar-refractivity contribution in [2.24, 2.45) is 0 Å². The molecule has 0 heterocycles. The fourth-order valence-corrected chi connectivity index (χ4v) is 4.14. The molecule has 29 heavy (non-hydrogen) atoms. The van der Waals surface area contributed by atoms with Crippen LogP contribution in [0.15, 0.2) is 57.9 Å². The Balaban J connectivity index is 2.06. The molecule has 0 aliphatic rings. The fraction of sp³-hybridized carbons (Fsp3) is 0.391. The van der Waals surface area contributed by atoms with Gasteiger partial charge in [0.1, 0.15) is 6.04 Å². The Morgan fingerprint density at radius 1 is 1.10 bits per heavy atom. The number of carbonyl (C=O) groups excluding carboxylic acids is 2. The molecule has 0 radical (unpaired) electrons. The van der Waals surface area contributed by atoms with Crippen LogP contribution in [0, 0.1) is 6.92 Å². The second-order valence-corrected chi connectivity index (χ2v) is 9.49. The van der Waals surface area contributed by atoms with Crippen LogP contribution >= 0.6 is 27.7 Å². The smallest absolute Gasteiger partial charge is 0.242 e. The van der Waals surface area contributed by atoms with E-state index in [1.807, 2.05) is 38.1 Å². The zero-order valence-corrected chi connectivity index (χ0v) is 19.8. The van der Waals surface area contributed by atoms with Gasteiger partial charge in [-0.05, 0) is 57.5 Å². The minimum absolute atomic E-state index is 0.0176. The summed E-state index contributed by atoms with van der Waals surface area (Å²) in [4.78, 5) is 28.4. The monoisotopic (exact) mass is 476 g/mol. The highest BCUT2D eigenvalue weighted by Crippen LogP contribution is 2.21. The summed E-state index contributed by atoms with van der Waals surface area (Å²) >= 11 is 5.13. The summed E-state index contributed by atoms with van der Waals surface area (Å²) in [6.45, 7) is 8.09. The quantitative estimate of drug-likeness (QED) is 0.507. The van der Waals surface area contributed by atoms with Gasteiger partial charge in [0.2, 0.25) is 11.8 Å². The molecular weight excluding hydrogens is 448 g/mol. The molecule has 2 aromatic carbocycles. The average Bonchev–Trinajstić information content (AvgIpc) is 2.66. The van der Waals surface area contributed by atoms with Crippen molar-refractivity contribution in [2.45, 2.75) is 57.6 Å². The molecule has 156 valence electrons. The van der Waals surface area contributed by atoms with Gasteiger partial charge in [-0.15, -0.1) is 11.8 Å². The first-order valence-electron chi connectivity index (χ1n) is 9.80. The molecule has 0 spiro atoms. The summed E-state index contributed by atoms with van der Waals surface area (Å²) in [5.41, 5.74) is 2.21. The maximum atomic E-state index is 13.0. The lowest BCUT2D eigenvalue weighted by molar-refractivity contribution is -0.140. The van der Waals surface area contributed by atoms with Crippen molar-refractivity contribution < 1.29 is 9.59 Å². The van der Waals surface area contributed by atoms with Crippen LogP contribution < -0.4 is 5.32 Å². The molecule has 0 saturated carbocycles. The molecule has 0 fully saturated rings. The van der Waals surface area contributed by atoms with Crippen LogP contribution in [0.25, 0.3) is 0 Å². The Morgan fingerprint density at radius 3 is 2.41 bits per heavy atom. The van der Waals surface area contributed by atoms with Crippen LogP contribution in [0.3, 0.4) is 0 Å². The van der Waals surface area contributed by atoms with Gasteiger partial charge in [-0.1, -0.05) is 45.8 Å². The minimum Gasteiger partial charge on any atom is -0.352 e. The summed E-state index contributed by atoms with van der Waals surface area (Å²) in [5.74, 6) is 0.528. The molecule has 2 amide bonds. The summed E-state index contributed by atoms with van der Waals surface area (Å²) in [6.07, 6.45) is 0.381. The zero-order valence-electron chi connectivity index (χ0n) is 17.4. The second-order valence-electron chi connectivity index (χ2n) is 7.40. The number of hydrogen-bond donors (Lipinski definition) is 1. The molecule has 4 nitrogen and oxygen atoms in total. The molecule has 0 bridgehead atoms. The second kappa shape index (κ2) is 11.4. The molecule has 6 heteroatoms. The Labute approximate surface area is 186 Å². The van der Waals surface area contributed by atoms with Gasteiger partial charge < -0.3 is 10.2 Å². The highest BCUT2D eigenvalue weighted by molar-refractivity contribution is 9.10. The molecule has 0 aliphatic heterocycles. The lowest BCUT2D eigenvalue weighted by Crippen LogP contribution is -2.49. The lowest BCUT2D eigenvalue weighted by atomic mass is 10.1. The molecule has 1 N–H and O–H groups in total. The molecule has 0 aliphatic carbocycles. The Hall–Kier alpha value is -1.79. The van der Waals surface area contributed by atoms with Gasteiger partial charge >= 0.3 is 0 Å². The van der Waals surface area contributed by atoms with E-state index in [-0.39, 0.29) is 17.9 Å². The van der Waals surface area contributed by atoms with Crippen LogP contribution in [0.1, 0.15) is 38.3 Å². The van der Waals surface area contributed by atoms with E-state index in [4.69, 9.17) is 0 Å². The van der Waals surface area contributed by atoms with Gasteiger partial charge in [-0.3, -0.25) is 9.59 Å². The van der Waals surface area contributed by atoms with E-state index >= 15 is 0 Å². The third kappa shape index (κ3) is 7.86. The van der Waals surface area contributed by atoms with Crippen molar-refractivity contribution in [3.63, 3.8) is 0 Å². The zero-order chi connectivity index (χ0) is 21.4. The maximum Gasteiger partial charge on any atom is 0.242 e. The Bertz CT molecular complexity index is 824. The van der Waals surface area contributed by atoms with E-state index in [1.165, 1.54) is 5.56 Å². The number of halogens is 1. The van der Waals surface area contributed by atoms with Crippen LogP contribution in [-0.2, 0) is 16.1 Å². The van der Waals surface area contributed by atoms with Gasteiger partial charge in [0, 0.05) is 34.1 Å². The number of thioether (sulfide) groups is 1. The number of rotatable bonds is 9. The highest BCUT2D eigenvalue weighted by Gasteiger charge is 2.26. The molecule has 0 aromatic heterocycles. The third-order valence-electron chi connectivity index (χ3n) is 4.45. The minimum atomic E-state index is -0.534. The van der Waals surface area contributed by atoms with Crippen molar-refractivity contribution >= 4 is 39.5 Å². The van der Waals surface area contributed by atoms with Crippen LogP contribution in [0.4, 0.5) is 0 Å². The standard InChI is InChI=1S/C23H29BrN2O2S/c1-16(2)25-23(28)18(4)26(15-19-6-5-7-20(24)14-19)22(27)12-13-29-21-10-8-17(3)9-11-21/h5-11,14,16,18H,12-13,15H2,1-4H3,(H,25,28)/t18-/m1/s1. The van der Waals surface area contributed by atoms with E-state index in [9.17, 15) is 9.59 Å². The molecule has 1 atom stereocenters. The van der Waals surface area contributed by atoms with Gasteiger partial charge in [0.25, 0.3) is 0 Å². The number of hydrogen-bond acceptors (Lipinski definition) is 3. The Kier molecular flexibility index (Phi) is 9.24. The van der Waals surface area contributed by atoms with Crippen molar-refractivity contribution in [3.8, 4) is 0 Å². The number of aryl methyl sites for hydroxylation is 1. The molecule has 0 saturated heterocycles. The highest BCUT2D eigenvalue weighted by atomic mass is 79.9. The third-order valence-corrected chi connectivity index (χ3v) is 5.95. The van der Waals surface area contributed by atoms with E-state index < -0.39 is 6.04 Å². The number of nitrogens with one attached hydrogen (secondary N) is 1. The molecular formula is C23H29BrN2O2S. The van der Waals surface area contributed by atoms with Crippen molar-refractivity contribution in [1.82, 2.24) is 10.2 Å². The van der Waals surface area contributed by atoms with Crippen molar-refractivity contribution in [2.75, 3.05) is 5.75 Å². The van der Waals surface area contributed by atoms with Gasteiger partial charge in [-0.2, -0.15) is 0 Å². The van der Waals surface area contributed by atoms with Crippen LogP contribution in [0.5, 0.6) is 0 Å². The van der Waals surface area contributed by atoms with E-state index in [0.717, 1.165) is 14.9 Å². The summed E-state index contributed by atoms with van der Waals surface area (Å²) < 4.78 is 0.955. The first-order chi connectivity index (χ1) is 13.8. The normalized spacial score (nSPS) is 11.9. The van der Waals surface area contributed by atoms with Crippen LogP contribution in [0.2, 0.25) is 0 Å². The average molecular weight is 477 g/mol. The SMILES string of the molecule is Cc1ccc(SCCC(=O)N(Cc2cccc(Br)c2)[C@H](C)C(=O)NC(C)C)cc1. The topological polar surface area (TPSA) is 49.4 Å². The van der Waals surface area contributed by atoms with E-state index in [0.29, 0.717) is 18.7 Å². The maximum absolute atomic E-state index is 13.0. The summed E-state index contributed by atoms with van der Waals surface area (Å²) in [5, 5.41) is 2.91. The number of nitrogens with zero attached hydrogens (tertiary/aromatic N) is 1.